The van der Waals surface area contributed by atoms with Crippen LogP contribution >= 0.6 is 0 Å². The summed E-state index contributed by atoms with van der Waals surface area (Å²) in [5.74, 6) is 0. The molecule has 9 heteroatoms. The van der Waals surface area contributed by atoms with Crippen LogP contribution in [0.5, 0.6) is 0 Å². The molecule has 0 saturated heterocycles. The first-order chi connectivity index (χ1) is 21.1. The minimum absolute atomic E-state index is 0.0889. The minimum atomic E-state index is -0.989. The van der Waals surface area contributed by atoms with Gasteiger partial charge < -0.3 is 35.6 Å². The summed E-state index contributed by atoms with van der Waals surface area (Å²) in [5, 5.41) is 31.1. The van der Waals surface area contributed by atoms with Gasteiger partial charge in [0, 0.05) is 13.1 Å². The molecule has 2 amide bonds. The Morgan fingerprint density at radius 3 is 1.82 bits per heavy atom. The molecule has 0 fully saturated rings. The van der Waals surface area contributed by atoms with E-state index >= 15 is 0 Å². The monoisotopic (exact) mass is 603 g/mol. The van der Waals surface area contributed by atoms with Crippen molar-refractivity contribution >= 4 is 12.2 Å². The molecule has 4 rings (SSSR count). The highest BCUT2D eigenvalue weighted by molar-refractivity contribution is 5.68. The Morgan fingerprint density at radius 2 is 1.27 bits per heavy atom. The normalized spacial score (nSPS) is 17.1. The zero-order chi connectivity index (χ0) is 31.5. The van der Waals surface area contributed by atoms with Crippen LogP contribution in [0.2, 0.25) is 0 Å². The fourth-order valence-electron chi connectivity index (χ4n) is 5.38. The van der Waals surface area contributed by atoms with Crippen molar-refractivity contribution < 1.29 is 29.3 Å². The van der Waals surface area contributed by atoms with Gasteiger partial charge in [-0.05, 0) is 68.7 Å². The van der Waals surface area contributed by atoms with Crippen LogP contribution in [0.1, 0.15) is 55.5 Å². The molecule has 0 heterocycles. The molecule has 44 heavy (non-hydrogen) atoms. The van der Waals surface area contributed by atoms with E-state index in [-0.39, 0.29) is 19.2 Å². The zero-order valence-corrected chi connectivity index (χ0v) is 25.7. The number of alkyl carbamates (subject to hydrolysis) is 2. The van der Waals surface area contributed by atoms with Crippen molar-refractivity contribution in [3.8, 4) is 0 Å². The van der Waals surface area contributed by atoms with Gasteiger partial charge in [0.1, 0.15) is 11.7 Å². The molecule has 0 saturated carbocycles. The van der Waals surface area contributed by atoms with Crippen LogP contribution in [0.25, 0.3) is 0 Å². The molecule has 3 aromatic carbocycles. The second-order valence-electron chi connectivity index (χ2n) is 12.3. The maximum atomic E-state index is 13.0. The number of fused-ring (bicyclic) bond motifs is 1. The summed E-state index contributed by atoms with van der Waals surface area (Å²) >= 11 is 0. The molecule has 1 aliphatic carbocycles. The van der Waals surface area contributed by atoms with E-state index in [2.05, 4.69) is 16.0 Å². The van der Waals surface area contributed by atoms with E-state index in [1.54, 1.807) is 20.8 Å². The molecule has 0 aromatic heterocycles. The summed E-state index contributed by atoms with van der Waals surface area (Å²) < 4.78 is 11.2. The van der Waals surface area contributed by atoms with E-state index in [9.17, 15) is 19.8 Å². The maximum Gasteiger partial charge on any atom is 0.408 e. The van der Waals surface area contributed by atoms with Crippen LogP contribution in [0.3, 0.4) is 0 Å². The van der Waals surface area contributed by atoms with Crippen molar-refractivity contribution in [3.05, 3.63) is 107 Å². The van der Waals surface area contributed by atoms with E-state index in [4.69, 9.17) is 9.47 Å². The Balaban J connectivity index is 1.36. The molecule has 5 N–H and O–H groups in total. The summed E-state index contributed by atoms with van der Waals surface area (Å²) in [7, 11) is 0. The molecular weight excluding hydrogens is 558 g/mol. The molecule has 0 aliphatic heterocycles. The van der Waals surface area contributed by atoms with E-state index in [0.717, 1.165) is 29.5 Å². The Morgan fingerprint density at radius 1 is 0.773 bits per heavy atom. The molecule has 5 atom stereocenters. The van der Waals surface area contributed by atoms with Crippen molar-refractivity contribution in [2.75, 3.05) is 13.1 Å². The van der Waals surface area contributed by atoms with E-state index in [1.165, 1.54) is 5.56 Å². The molecule has 0 radical (unpaired) electrons. The van der Waals surface area contributed by atoms with Crippen LogP contribution in [0.15, 0.2) is 84.9 Å². The molecule has 0 bridgehead atoms. The highest BCUT2D eigenvalue weighted by atomic mass is 16.6. The van der Waals surface area contributed by atoms with Gasteiger partial charge in [-0.1, -0.05) is 84.9 Å². The van der Waals surface area contributed by atoms with Crippen LogP contribution in [-0.2, 0) is 28.7 Å². The summed E-state index contributed by atoms with van der Waals surface area (Å²) in [5.41, 5.74) is 3.41. The maximum absolute atomic E-state index is 13.0. The number of carbonyl (C=O) groups excluding carboxylic acids is 2. The number of nitrogens with one attached hydrogen (secondary N) is 3. The molecule has 236 valence electrons. The van der Waals surface area contributed by atoms with Gasteiger partial charge in [0.2, 0.25) is 0 Å². The number of aliphatic hydroxyl groups is 2. The van der Waals surface area contributed by atoms with Crippen molar-refractivity contribution in [2.45, 2.75) is 82.5 Å². The van der Waals surface area contributed by atoms with Gasteiger partial charge in [-0.3, -0.25) is 0 Å². The Kier molecular flexibility index (Phi) is 11.8. The number of ether oxygens (including phenoxy) is 2. The van der Waals surface area contributed by atoms with Crippen molar-refractivity contribution in [3.63, 3.8) is 0 Å². The SMILES string of the molecule is CC(C)(C)OC(=O)N[C@@H](Cc1ccccc1)[C@H](O)CNC[C@@H](O)[C@H](Cc1ccccc1)NC(=O)O[C@@H]1CCc2ccccc21. The van der Waals surface area contributed by atoms with Crippen LogP contribution in [0.4, 0.5) is 9.59 Å². The lowest BCUT2D eigenvalue weighted by atomic mass is 10.00. The fourth-order valence-corrected chi connectivity index (χ4v) is 5.38. The number of aryl methyl sites for hydroxylation is 1. The fraction of sp³-hybridized carbons (Fsp3) is 0.429. The number of aliphatic hydroxyl groups excluding tert-OH is 2. The van der Waals surface area contributed by atoms with Crippen LogP contribution in [-0.4, -0.2) is 65.4 Å². The molecule has 0 unspecified atom stereocenters. The zero-order valence-electron chi connectivity index (χ0n) is 25.7. The Hall–Kier alpha value is -3.92. The average Bonchev–Trinajstić information content (AvgIpc) is 3.39. The molecular formula is C35H45N3O6. The highest BCUT2D eigenvalue weighted by Gasteiger charge is 2.29. The lowest BCUT2D eigenvalue weighted by molar-refractivity contribution is 0.0415. The summed E-state index contributed by atoms with van der Waals surface area (Å²) in [6, 6.07) is 25.8. The first-order valence-electron chi connectivity index (χ1n) is 15.3. The largest absolute Gasteiger partial charge is 0.444 e. The van der Waals surface area contributed by atoms with Gasteiger partial charge in [0.05, 0.1) is 24.3 Å². The first-order valence-corrected chi connectivity index (χ1v) is 15.3. The van der Waals surface area contributed by atoms with Crippen molar-refractivity contribution in [2.24, 2.45) is 0 Å². The molecule has 3 aromatic rings. The number of carbonyl (C=O) groups is 2. The second kappa shape index (κ2) is 15.7. The van der Waals surface area contributed by atoms with Crippen molar-refractivity contribution in [1.82, 2.24) is 16.0 Å². The van der Waals surface area contributed by atoms with Crippen molar-refractivity contribution in [1.29, 1.82) is 0 Å². The van der Waals surface area contributed by atoms with Gasteiger partial charge in [-0.25, -0.2) is 9.59 Å². The summed E-state index contributed by atoms with van der Waals surface area (Å²) in [6.45, 7) is 5.51. The standard InChI is InChI=1S/C35H45N3O6/c1-35(2,3)44-34(42)38-29(21-25-14-8-5-9-15-25)31(40)23-36-22-30(39)28(20-24-12-6-4-7-13-24)37-33(41)43-32-19-18-26-16-10-11-17-27(26)32/h4-17,28-32,36,39-40H,18-23H2,1-3H3,(H,37,41)(H,38,42)/t28-,29-,30+,31+,32+/m0/s1. The average molecular weight is 604 g/mol. The molecule has 0 spiro atoms. The summed E-state index contributed by atoms with van der Waals surface area (Å²) in [6.07, 6.45) is -1.15. The lowest BCUT2D eigenvalue weighted by Gasteiger charge is -2.28. The number of benzene rings is 3. The third kappa shape index (κ3) is 10.4. The van der Waals surface area contributed by atoms with Gasteiger partial charge in [-0.2, -0.15) is 0 Å². The Labute approximate surface area is 260 Å². The predicted molar refractivity (Wildman–Crippen MR) is 169 cm³/mol. The van der Waals surface area contributed by atoms with Crippen LogP contribution < -0.4 is 16.0 Å². The number of amides is 2. The quantitative estimate of drug-likeness (QED) is 0.195. The second-order valence-corrected chi connectivity index (χ2v) is 12.3. The number of hydrogen-bond acceptors (Lipinski definition) is 7. The molecule has 9 nitrogen and oxygen atoms in total. The van der Waals surface area contributed by atoms with E-state index in [1.807, 2.05) is 84.9 Å². The highest BCUT2D eigenvalue weighted by Crippen LogP contribution is 2.33. The first kappa shape index (κ1) is 33.0. The number of rotatable bonds is 13. The topological polar surface area (TPSA) is 129 Å². The molecule has 1 aliphatic rings. The van der Waals surface area contributed by atoms with Crippen LogP contribution in [0, 0.1) is 0 Å². The summed E-state index contributed by atoms with van der Waals surface area (Å²) in [4.78, 5) is 25.5. The van der Waals surface area contributed by atoms with Gasteiger partial charge in [0.25, 0.3) is 0 Å². The lowest BCUT2D eigenvalue weighted by Crippen LogP contribution is -2.52. The number of hydrogen-bond donors (Lipinski definition) is 5. The predicted octanol–water partition coefficient (Wildman–Crippen LogP) is 4.46. The van der Waals surface area contributed by atoms with Gasteiger partial charge >= 0.3 is 12.2 Å². The van der Waals surface area contributed by atoms with Gasteiger partial charge in [-0.15, -0.1) is 0 Å². The third-order valence-electron chi connectivity index (χ3n) is 7.57. The van der Waals surface area contributed by atoms with E-state index in [0.29, 0.717) is 12.8 Å². The van der Waals surface area contributed by atoms with E-state index < -0.39 is 42.1 Å². The van der Waals surface area contributed by atoms with Gasteiger partial charge in [0.15, 0.2) is 0 Å². The smallest absolute Gasteiger partial charge is 0.408 e. The third-order valence-corrected chi connectivity index (χ3v) is 7.57. The Bertz CT molecular complexity index is 1330. The minimum Gasteiger partial charge on any atom is -0.444 e.